The first-order valence-corrected chi connectivity index (χ1v) is 10.4. The van der Waals surface area contributed by atoms with E-state index >= 15 is 0 Å². The molecular formula is C22H21N7O5. The predicted octanol–water partition coefficient (Wildman–Crippen LogP) is 1.48. The molecule has 12 heteroatoms. The molecule has 2 aromatic heterocycles. The van der Waals surface area contributed by atoms with Crippen LogP contribution in [0.3, 0.4) is 0 Å². The van der Waals surface area contributed by atoms with Gasteiger partial charge < -0.3 is 20.1 Å². The summed E-state index contributed by atoms with van der Waals surface area (Å²) in [6, 6.07) is 15.1. The molecule has 0 bridgehead atoms. The fourth-order valence-electron chi connectivity index (χ4n) is 3.30. The van der Waals surface area contributed by atoms with E-state index in [1.165, 1.54) is 4.68 Å². The zero-order valence-electron chi connectivity index (χ0n) is 17.9. The molecule has 0 aliphatic rings. The summed E-state index contributed by atoms with van der Waals surface area (Å²) in [6.45, 7) is -0.352. The second kappa shape index (κ2) is 10.3. The van der Waals surface area contributed by atoms with Crippen molar-refractivity contribution in [1.29, 1.82) is 0 Å². The monoisotopic (exact) mass is 463 g/mol. The van der Waals surface area contributed by atoms with Crippen molar-refractivity contribution in [2.45, 2.75) is 32.0 Å². The summed E-state index contributed by atoms with van der Waals surface area (Å²) in [7, 11) is 0. The highest BCUT2D eigenvalue weighted by molar-refractivity contribution is 5.90. The summed E-state index contributed by atoms with van der Waals surface area (Å²) in [5.41, 5.74) is 2.39. The average Bonchev–Trinajstić information content (AvgIpc) is 3.44. The summed E-state index contributed by atoms with van der Waals surface area (Å²) in [6.07, 6.45) is -1.28. The van der Waals surface area contributed by atoms with Crippen LogP contribution in [-0.4, -0.2) is 59.2 Å². The maximum absolute atomic E-state index is 12.8. The lowest BCUT2D eigenvalue weighted by Crippen LogP contribution is -2.44. The van der Waals surface area contributed by atoms with Gasteiger partial charge in [-0.25, -0.2) is 14.5 Å². The van der Waals surface area contributed by atoms with Gasteiger partial charge in [0.1, 0.15) is 25.0 Å². The summed E-state index contributed by atoms with van der Waals surface area (Å²) < 4.78 is 6.35. The fourth-order valence-corrected chi connectivity index (χ4v) is 3.30. The molecule has 174 valence electrons. The molecule has 4 aromatic rings. The number of nitrogens with one attached hydrogen (secondary N) is 2. The van der Waals surface area contributed by atoms with Crippen molar-refractivity contribution in [3.8, 4) is 0 Å². The number of aromatic nitrogens is 6. The summed E-state index contributed by atoms with van der Waals surface area (Å²) >= 11 is 0. The fraction of sp³-hybridized carbons (Fsp3) is 0.227. The van der Waals surface area contributed by atoms with Gasteiger partial charge in [0.15, 0.2) is 11.6 Å². The van der Waals surface area contributed by atoms with Crippen LogP contribution < -0.4 is 5.32 Å². The zero-order valence-corrected chi connectivity index (χ0v) is 17.9. The van der Waals surface area contributed by atoms with E-state index in [0.29, 0.717) is 11.6 Å². The number of nitrogens with zero attached hydrogens (tertiary/aromatic N) is 5. The molecule has 0 saturated carbocycles. The quantitative estimate of drug-likeness (QED) is 0.316. The zero-order chi connectivity index (χ0) is 23.9. The molecule has 1 atom stereocenters. The smallest absolute Gasteiger partial charge is 0.408 e. The summed E-state index contributed by atoms with van der Waals surface area (Å²) in [5, 5.41) is 22.9. The number of amides is 1. The van der Waals surface area contributed by atoms with E-state index in [1.807, 2.05) is 30.3 Å². The molecule has 0 spiro atoms. The average molecular weight is 463 g/mol. The number of imidazole rings is 1. The molecule has 12 nitrogen and oxygen atoms in total. The number of ether oxygens (including phenoxy) is 1. The Morgan fingerprint density at radius 1 is 1.09 bits per heavy atom. The van der Waals surface area contributed by atoms with E-state index in [1.54, 1.807) is 24.3 Å². The number of para-hydroxylation sites is 2. The largest absolute Gasteiger partial charge is 0.481 e. The lowest BCUT2D eigenvalue weighted by atomic mass is 10.1. The number of rotatable bonds is 10. The lowest BCUT2D eigenvalue weighted by Gasteiger charge is -2.16. The van der Waals surface area contributed by atoms with Crippen molar-refractivity contribution in [1.82, 2.24) is 35.5 Å². The number of carboxylic acids is 1. The number of H-pyrrole nitrogens is 1. The molecule has 2 heterocycles. The Morgan fingerprint density at radius 2 is 1.85 bits per heavy atom. The number of Topliss-reactive ketones (excluding diaryl/α,β-unsaturated/α-hetero) is 1. The summed E-state index contributed by atoms with van der Waals surface area (Å²) in [4.78, 5) is 43.9. The number of alkyl carbamates (subject to hydrolysis) is 1. The van der Waals surface area contributed by atoms with Crippen LogP contribution in [0.4, 0.5) is 4.79 Å². The number of benzene rings is 2. The number of aliphatic carboxylic acids is 1. The Labute approximate surface area is 193 Å². The number of carbonyl (C=O) groups is 3. The van der Waals surface area contributed by atoms with Gasteiger partial charge in [-0.2, -0.15) is 0 Å². The van der Waals surface area contributed by atoms with Gasteiger partial charge in [-0.1, -0.05) is 42.5 Å². The third-order valence-electron chi connectivity index (χ3n) is 4.95. The third-order valence-corrected chi connectivity index (χ3v) is 4.95. The van der Waals surface area contributed by atoms with Crippen LogP contribution in [-0.2, 0) is 33.9 Å². The minimum atomic E-state index is -1.32. The molecule has 0 saturated heterocycles. The number of aromatic amines is 1. The molecular weight excluding hydrogens is 442 g/mol. The minimum Gasteiger partial charge on any atom is -0.481 e. The Hall–Kier alpha value is -4.61. The highest BCUT2D eigenvalue weighted by Gasteiger charge is 2.26. The lowest BCUT2D eigenvalue weighted by molar-refractivity contribution is -0.139. The number of carbonyl (C=O) groups excluding carboxylic acids is 2. The van der Waals surface area contributed by atoms with Crippen LogP contribution in [0.2, 0.25) is 0 Å². The Morgan fingerprint density at radius 3 is 2.62 bits per heavy atom. The molecule has 34 heavy (non-hydrogen) atoms. The molecule has 0 aliphatic heterocycles. The number of hydrogen-bond acceptors (Lipinski definition) is 8. The van der Waals surface area contributed by atoms with Crippen LogP contribution in [0.15, 0.2) is 54.6 Å². The van der Waals surface area contributed by atoms with E-state index in [2.05, 4.69) is 30.8 Å². The highest BCUT2D eigenvalue weighted by atomic mass is 16.5. The normalized spacial score (nSPS) is 11.8. The molecule has 0 aliphatic carbocycles. The molecule has 1 unspecified atom stereocenters. The maximum atomic E-state index is 12.8. The first kappa shape index (κ1) is 22.6. The first-order chi connectivity index (χ1) is 16.5. The van der Waals surface area contributed by atoms with Crippen LogP contribution in [0.25, 0.3) is 11.0 Å². The first-order valence-electron chi connectivity index (χ1n) is 10.4. The van der Waals surface area contributed by atoms with Gasteiger partial charge in [0.05, 0.1) is 23.9 Å². The van der Waals surface area contributed by atoms with Crippen LogP contribution >= 0.6 is 0 Å². The highest BCUT2D eigenvalue weighted by Crippen LogP contribution is 2.12. The van der Waals surface area contributed by atoms with Gasteiger partial charge in [-0.15, -0.1) is 5.10 Å². The molecule has 2 aromatic carbocycles. The molecule has 0 fully saturated rings. The van der Waals surface area contributed by atoms with Crippen molar-refractivity contribution in [3.63, 3.8) is 0 Å². The molecule has 0 radical (unpaired) electrons. The topological polar surface area (TPSA) is 165 Å². The van der Waals surface area contributed by atoms with Gasteiger partial charge in [0.25, 0.3) is 0 Å². The predicted molar refractivity (Wildman–Crippen MR) is 118 cm³/mol. The number of hydrogen-bond donors (Lipinski definition) is 3. The SMILES string of the molecule is O=C(O)CC(NC(=O)OCc1ccccc1)C(=O)Cn1nnnc1Cc1nc2ccccc2[nH]1. The Bertz CT molecular complexity index is 1270. The van der Waals surface area contributed by atoms with Crippen LogP contribution in [0, 0.1) is 0 Å². The van der Waals surface area contributed by atoms with E-state index in [9.17, 15) is 19.5 Å². The minimum absolute atomic E-state index is 0.0186. The molecule has 1 amide bonds. The van der Waals surface area contributed by atoms with Gasteiger partial charge in [0, 0.05) is 0 Å². The second-order valence-electron chi connectivity index (χ2n) is 7.45. The van der Waals surface area contributed by atoms with Gasteiger partial charge in [-0.3, -0.25) is 9.59 Å². The molecule has 4 rings (SSSR count). The van der Waals surface area contributed by atoms with E-state index < -0.39 is 30.3 Å². The maximum Gasteiger partial charge on any atom is 0.408 e. The Kier molecular flexibility index (Phi) is 6.87. The van der Waals surface area contributed by atoms with Gasteiger partial charge in [0.2, 0.25) is 0 Å². The van der Waals surface area contributed by atoms with E-state index in [0.717, 1.165) is 16.6 Å². The number of carboxylic acid groups (broad SMARTS) is 1. The van der Waals surface area contributed by atoms with Gasteiger partial charge >= 0.3 is 12.1 Å². The number of tetrazole rings is 1. The number of fused-ring (bicyclic) bond motifs is 1. The van der Waals surface area contributed by atoms with Crippen molar-refractivity contribution in [2.75, 3.05) is 0 Å². The van der Waals surface area contributed by atoms with Gasteiger partial charge in [-0.05, 0) is 28.1 Å². The van der Waals surface area contributed by atoms with Crippen molar-refractivity contribution < 1.29 is 24.2 Å². The Balaban J connectivity index is 1.40. The van der Waals surface area contributed by atoms with Crippen molar-refractivity contribution in [3.05, 3.63) is 71.8 Å². The van der Waals surface area contributed by atoms with Crippen LogP contribution in [0.5, 0.6) is 0 Å². The number of ketones is 1. The molecule has 3 N–H and O–H groups in total. The second-order valence-corrected chi connectivity index (χ2v) is 7.45. The third kappa shape index (κ3) is 5.79. The summed E-state index contributed by atoms with van der Waals surface area (Å²) in [5.74, 6) is -0.874. The van der Waals surface area contributed by atoms with E-state index in [-0.39, 0.29) is 19.6 Å². The van der Waals surface area contributed by atoms with Crippen molar-refractivity contribution >= 4 is 28.9 Å². The standard InChI is InChI=1S/C22H21N7O5/c30-18(17(10-21(31)32)25-22(33)34-13-14-6-2-1-3-7-14)12-29-20(26-27-28-29)11-19-23-15-8-4-5-9-16(15)24-19/h1-9,17H,10-13H2,(H,23,24)(H,25,33)(H,31,32). The van der Waals surface area contributed by atoms with E-state index in [4.69, 9.17) is 4.74 Å². The van der Waals surface area contributed by atoms with Crippen molar-refractivity contribution in [2.24, 2.45) is 0 Å². The van der Waals surface area contributed by atoms with Crippen LogP contribution in [0.1, 0.15) is 23.6 Å².